The van der Waals surface area contributed by atoms with E-state index in [4.69, 9.17) is 9.47 Å². The fourth-order valence-corrected chi connectivity index (χ4v) is 3.48. The molecule has 7 nitrogen and oxygen atoms in total. The van der Waals surface area contributed by atoms with Gasteiger partial charge in [0.1, 0.15) is 0 Å². The molecule has 1 aliphatic rings. The van der Waals surface area contributed by atoms with Crippen molar-refractivity contribution in [3.8, 4) is 11.5 Å². The summed E-state index contributed by atoms with van der Waals surface area (Å²) < 4.78 is 10.7. The molecule has 1 heterocycles. The standard InChI is InChI=1S/C23H26N2O5/c1-15-7-9-16(10-8-15)19-14-18(17-11-12-20(29-2)21(13-17)30-3)24-25(19)22(26)5-4-6-23(27)28/h7-13,19H,4-6,14H2,1-3H3,(H,27,28)/p-1/t19-/m1/s1. The molecule has 3 rings (SSSR count). The SMILES string of the molecule is COc1ccc(C2=NN(C(=O)CCCC(=O)[O-])[C@@H](c3ccc(C)cc3)C2)cc1OC. The van der Waals surface area contributed by atoms with Crippen LogP contribution >= 0.6 is 0 Å². The second-order valence-corrected chi connectivity index (χ2v) is 7.21. The molecule has 30 heavy (non-hydrogen) atoms. The Hall–Kier alpha value is -3.35. The van der Waals surface area contributed by atoms with Gasteiger partial charge in [-0.25, -0.2) is 5.01 Å². The Kier molecular flexibility index (Phi) is 6.72. The maximum atomic E-state index is 12.8. The van der Waals surface area contributed by atoms with Crippen LogP contribution in [0.5, 0.6) is 11.5 Å². The molecule has 0 N–H and O–H groups in total. The van der Waals surface area contributed by atoms with Crippen LogP contribution in [-0.2, 0) is 9.59 Å². The number of ether oxygens (including phenoxy) is 2. The van der Waals surface area contributed by atoms with Gasteiger partial charge < -0.3 is 19.4 Å². The molecule has 0 radical (unpaired) electrons. The highest BCUT2D eigenvalue weighted by atomic mass is 16.5. The summed E-state index contributed by atoms with van der Waals surface area (Å²) in [5.74, 6) is -0.167. The quantitative estimate of drug-likeness (QED) is 0.668. The van der Waals surface area contributed by atoms with E-state index in [0.717, 1.165) is 22.4 Å². The molecule has 2 aromatic carbocycles. The van der Waals surface area contributed by atoms with Crippen LogP contribution in [0, 0.1) is 6.92 Å². The van der Waals surface area contributed by atoms with Gasteiger partial charge in [-0.1, -0.05) is 29.8 Å². The van der Waals surface area contributed by atoms with Crippen molar-refractivity contribution in [2.75, 3.05) is 14.2 Å². The highest BCUT2D eigenvalue weighted by Crippen LogP contribution is 2.35. The third-order valence-electron chi connectivity index (χ3n) is 5.12. The van der Waals surface area contributed by atoms with E-state index in [9.17, 15) is 14.7 Å². The van der Waals surface area contributed by atoms with Gasteiger partial charge in [-0.2, -0.15) is 5.10 Å². The average molecular weight is 409 g/mol. The van der Waals surface area contributed by atoms with Crippen molar-refractivity contribution in [2.45, 2.75) is 38.6 Å². The molecule has 0 bridgehead atoms. The van der Waals surface area contributed by atoms with Crippen LogP contribution in [0.25, 0.3) is 0 Å². The first-order valence-electron chi connectivity index (χ1n) is 9.81. The van der Waals surface area contributed by atoms with Gasteiger partial charge >= 0.3 is 0 Å². The lowest BCUT2D eigenvalue weighted by molar-refractivity contribution is -0.305. The molecule has 7 heteroatoms. The first-order valence-corrected chi connectivity index (χ1v) is 9.81. The number of hydrogen-bond donors (Lipinski definition) is 0. The predicted molar refractivity (Wildman–Crippen MR) is 110 cm³/mol. The maximum absolute atomic E-state index is 12.8. The smallest absolute Gasteiger partial charge is 0.243 e. The number of amides is 1. The molecular weight excluding hydrogens is 384 g/mol. The van der Waals surface area contributed by atoms with Crippen LogP contribution in [0.4, 0.5) is 0 Å². The molecule has 0 saturated carbocycles. The zero-order chi connectivity index (χ0) is 21.7. The molecule has 1 amide bonds. The topological polar surface area (TPSA) is 91.3 Å². The zero-order valence-electron chi connectivity index (χ0n) is 17.4. The number of benzene rings is 2. The number of carbonyl (C=O) groups is 2. The summed E-state index contributed by atoms with van der Waals surface area (Å²) in [5.41, 5.74) is 3.71. The Morgan fingerprint density at radius 3 is 2.40 bits per heavy atom. The van der Waals surface area contributed by atoms with Crippen molar-refractivity contribution in [1.29, 1.82) is 0 Å². The molecule has 0 aromatic heterocycles. The molecule has 158 valence electrons. The van der Waals surface area contributed by atoms with Gasteiger partial charge in [-0.3, -0.25) is 4.79 Å². The van der Waals surface area contributed by atoms with Crippen LogP contribution < -0.4 is 14.6 Å². The molecule has 0 aliphatic carbocycles. The monoisotopic (exact) mass is 409 g/mol. The van der Waals surface area contributed by atoms with E-state index in [1.165, 1.54) is 5.01 Å². The van der Waals surface area contributed by atoms with E-state index in [-0.39, 0.29) is 31.2 Å². The van der Waals surface area contributed by atoms with Crippen molar-refractivity contribution in [3.63, 3.8) is 0 Å². The minimum atomic E-state index is -1.16. The molecular formula is C23H25N2O5-. The fraction of sp³-hybridized carbons (Fsp3) is 0.348. The molecule has 0 fully saturated rings. The molecule has 0 saturated heterocycles. The molecule has 0 spiro atoms. The summed E-state index contributed by atoms with van der Waals surface area (Å²) in [6, 6.07) is 13.3. The van der Waals surface area contributed by atoms with Gasteiger partial charge in [0.05, 0.1) is 26.0 Å². The first kappa shape index (κ1) is 21.4. The Labute approximate surface area is 175 Å². The van der Waals surface area contributed by atoms with E-state index in [2.05, 4.69) is 5.10 Å². The van der Waals surface area contributed by atoms with Crippen LogP contribution in [0.15, 0.2) is 47.6 Å². The van der Waals surface area contributed by atoms with Crippen LogP contribution in [0.2, 0.25) is 0 Å². The lowest BCUT2D eigenvalue weighted by Gasteiger charge is -2.22. The minimum absolute atomic E-state index is 0.0963. The number of methoxy groups -OCH3 is 2. The van der Waals surface area contributed by atoms with Gasteiger partial charge in [-0.15, -0.1) is 0 Å². The van der Waals surface area contributed by atoms with E-state index in [1.54, 1.807) is 14.2 Å². The summed E-state index contributed by atoms with van der Waals surface area (Å²) in [5, 5.41) is 16.8. The van der Waals surface area contributed by atoms with Crippen molar-refractivity contribution in [2.24, 2.45) is 5.10 Å². The number of hydrogen-bond acceptors (Lipinski definition) is 6. The van der Waals surface area contributed by atoms with E-state index in [1.807, 2.05) is 49.4 Å². The first-order chi connectivity index (χ1) is 14.4. The van der Waals surface area contributed by atoms with Gasteiger partial charge in [0.2, 0.25) is 5.91 Å². The number of hydrazone groups is 1. The Morgan fingerprint density at radius 1 is 1.07 bits per heavy atom. The predicted octanol–water partition coefficient (Wildman–Crippen LogP) is 2.61. The van der Waals surface area contributed by atoms with Crippen molar-refractivity contribution >= 4 is 17.6 Å². The third kappa shape index (κ3) is 4.79. The lowest BCUT2D eigenvalue weighted by atomic mass is 9.97. The largest absolute Gasteiger partial charge is 0.550 e. The Balaban J connectivity index is 1.90. The van der Waals surface area contributed by atoms with Gasteiger partial charge in [0, 0.05) is 24.4 Å². The van der Waals surface area contributed by atoms with E-state index < -0.39 is 5.97 Å². The Bertz CT molecular complexity index is 953. The van der Waals surface area contributed by atoms with Crippen LogP contribution in [-0.4, -0.2) is 36.8 Å². The number of rotatable bonds is 8. The average Bonchev–Trinajstić information content (AvgIpc) is 3.19. The van der Waals surface area contributed by atoms with Crippen molar-refractivity contribution in [3.05, 3.63) is 59.2 Å². The van der Waals surface area contributed by atoms with Crippen LogP contribution in [0.1, 0.15) is 48.4 Å². The van der Waals surface area contributed by atoms with Gasteiger partial charge in [0.15, 0.2) is 11.5 Å². The number of nitrogens with zero attached hydrogens (tertiary/aromatic N) is 2. The summed E-state index contributed by atoms with van der Waals surface area (Å²) in [6.07, 6.45) is 0.713. The maximum Gasteiger partial charge on any atom is 0.243 e. The molecule has 0 unspecified atom stereocenters. The summed E-state index contributed by atoms with van der Waals surface area (Å²) in [7, 11) is 3.14. The second kappa shape index (κ2) is 9.43. The normalized spacial score (nSPS) is 15.6. The lowest BCUT2D eigenvalue weighted by Crippen LogP contribution is -2.28. The molecule has 2 aromatic rings. The highest BCUT2D eigenvalue weighted by Gasteiger charge is 2.33. The van der Waals surface area contributed by atoms with E-state index in [0.29, 0.717) is 17.9 Å². The zero-order valence-corrected chi connectivity index (χ0v) is 17.4. The highest BCUT2D eigenvalue weighted by molar-refractivity contribution is 6.03. The number of carbonyl (C=O) groups excluding carboxylic acids is 2. The fourth-order valence-electron chi connectivity index (χ4n) is 3.48. The number of aryl methyl sites for hydroxylation is 1. The number of carboxylic acid groups (broad SMARTS) is 1. The van der Waals surface area contributed by atoms with Gasteiger partial charge in [0.25, 0.3) is 0 Å². The third-order valence-corrected chi connectivity index (χ3v) is 5.12. The van der Waals surface area contributed by atoms with E-state index >= 15 is 0 Å². The summed E-state index contributed by atoms with van der Waals surface area (Å²) in [4.78, 5) is 23.5. The molecule has 1 atom stereocenters. The summed E-state index contributed by atoms with van der Waals surface area (Å²) >= 11 is 0. The number of carboxylic acids is 1. The Morgan fingerprint density at radius 2 is 1.77 bits per heavy atom. The van der Waals surface area contributed by atoms with Crippen molar-refractivity contribution < 1.29 is 24.2 Å². The van der Waals surface area contributed by atoms with Gasteiger partial charge in [-0.05, 0) is 43.5 Å². The second-order valence-electron chi connectivity index (χ2n) is 7.21. The minimum Gasteiger partial charge on any atom is -0.550 e. The summed E-state index contributed by atoms with van der Waals surface area (Å²) in [6.45, 7) is 2.01. The number of aliphatic carboxylic acids is 1. The van der Waals surface area contributed by atoms with Crippen LogP contribution in [0.3, 0.4) is 0 Å². The van der Waals surface area contributed by atoms with Crippen molar-refractivity contribution in [1.82, 2.24) is 5.01 Å². The molecule has 1 aliphatic heterocycles.